The molecule has 8 aromatic rings. The molecule has 0 fully saturated rings. The maximum absolute atomic E-state index is 10.1. The highest BCUT2D eigenvalue weighted by atomic mass is 15.0. The molecule has 0 atom stereocenters. The van der Waals surface area contributed by atoms with Gasteiger partial charge in [0, 0.05) is 27.5 Å². The molecule has 44 heavy (non-hydrogen) atoms. The molecule has 0 N–H and O–H groups in total. The Kier molecular flexibility index (Phi) is 5.56. The summed E-state index contributed by atoms with van der Waals surface area (Å²) >= 11 is 0. The number of aromatic nitrogens is 2. The zero-order chi connectivity index (χ0) is 29.8. The SMILES string of the molecule is [C-]#[N+]c1ccc2c(c1)c1ccccc1n2-c1cc(C#N)cc(-c2cccc(-n3c4ccccc4c4cc(C#N)ccc43)c2)c1. The fourth-order valence-corrected chi connectivity index (χ4v) is 6.43. The third kappa shape index (κ3) is 3.77. The van der Waals surface area contributed by atoms with Crippen LogP contribution in [0.5, 0.6) is 0 Å². The molecule has 5 heteroatoms. The summed E-state index contributed by atoms with van der Waals surface area (Å²) in [6.07, 6.45) is 0. The summed E-state index contributed by atoms with van der Waals surface area (Å²) in [5, 5.41) is 23.8. The molecule has 0 radical (unpaired) electrons. The first-order chi connectivity index (χ1) is 21.7. The minimum Gasteiger partial charge on any atom is -0.309 e. The quantitative estimate of drug-likeness (QED) is 0.202. The molecule has 0 aliphatic rings. The van der Waals surface area contributed by atoms with Crippen molar-refractivity contribution in [1.29, 1.82) is 10.5 Å². The monoisotopic (exact) mass is 559 g/mol. The van der Waals surface area contributed by atoms with Crippen LogP contribution >= 0.6 is 0 Å². The number of fused-ring (bicyclic) bond motifs is 6. The van der Waals surface area contributed by atoms with E-state index in [0.717, 1.165) is 66.1 Å². The highest BCUT2D eigenvalue weighted by Crippen LogP contribution is 2.37. The predicted molar refractivity (Wildman–Crippen MR) is 176 cm³/mol. The van der Waals surface area contributed by atoms with E-state index >= 15 is 0 Å². The molecule has 0 amide bonds. The first-order valence-electron chi connectivity index (χ1n) is 14.2. The zero-order valence-corrected chi connectivity index (χ0v) is 23.4. The second kappa shape index (κ2) is 9.74. The van der Waals surface area contributed by atoms with Crippen molar-refractivity contribution in [3.8, 4) is 34.6 Å². The normalized spacial score (nSPS) is 11.1. The zero-order valence-electron chi connectivity index (χ0n) is 23.4. The summed E-state index contributed by atoms with van der Waals surface area (Å²) in [5.74, 6) is 0. The molecule has 0 saturated heterocycles. The Hall–Kier alpha value is -6.61. The van der Waals surface area contributed by atoms with E-state index in [2.05, 4.69) is 74.6 Å². The fourth-order valence-electron chi connectivity index (χ4n) is 6.43. The van der Waals surface area contributed by atoms with Crippen LogP contribution in [-0.2, 0) is 0 Å². The number of rotatable bonds is 3. The van der Waals surface area contributed by atoms with E-state index in [0.29, 0.717) is 16.8 Å². The van der Waals surface area contributed by atoms with Crippen LogP contribution in [0.2, 0.25) is 0 Å². The van der Waals surface area contributed by atoms with Gasteiger partial charge in [0.15, 0.2) is 5.69 Å². The Morgan fingerprint density at radius 1 is 0.477 bits per heavy atom. The van der Waals surface area contributed by atoms with E-state index in [4.69, 9.17) is 6.57 Å². The molecule has 6 aromatic carbocycles. The summed E-state index contributed by atoms with van der Waals surface area (Å²) in [4.78, 5) is 3.65. The molecule has 0 saturated carbocycles. The van der Waals surface area contributed by atoms with Crippen LogP contribution in [-0.4, -0.2) is 9.13 Å². The van der Waals surface area contributed by atoms with Crippen molar-refractivity contribution in [3.05, 3.63) is 150 Å². The van der Waals surface area contributed by atoms with Crippen molar-refractivity contribution in [2.24, 2.45) is 0 Å². The highest BCUT2D eigenvalue weighted by Gasteiger charge is 2.16. The van der Waals surface area contributed by atoms with Gasteiger partial charge in [0.25, 0.3) is 0 Å². The lowest BCUT2D eigenvalue weighted by atomic mass is 10.0. The largest absolute Gasteiger partial charge is 0.309 e. The smallest absolute Gasteiger partial charge is 0.188 e. The highest BCUT2D eigenvalue weighted by molar-refractivity contribution is 6.11. The van der Waals surface area contributed by atoms with Gasteiger partial charge in [-0.1, -0.05) is 54.6 Å². The first kappa shape index (κ1) is 25.1. The van der Waals surface area contributed by atoms with E-state index < -0.39 is 0 Å². The molecule has 8 rings (SSSR count). The standard InChI is InChI=1S/C39H21N5/c1-42-29-14-16-39-35(22-29)33-10-3-5-12-37(33)44(39)31-18-26(24-41)17-28(21-31)27-7-6-8-30(20-27)43-36-11-4-2-9-32(36)34-19-25(23-40)13-15-38(34)43/h2-22H. The minimum absolute atomic E-state index is 0.563. The number of benzene rings is 6. The number of nitriles is 2. The fraction of sp³-hybridized carbons (Fsp3) is 0. The predicted octanol–water partition coefficient (Wildman–Crippen LogP) is 9.84. The molecule has 0 spiro atoms. The lowest BCUT2D eigenvalue weighted by molar-refractivity contribution is 1.17. The van der Waals surface area contributed by atoms with Crippen molar-refractivity contribution < 1.29 is 0 Å². The van der Waals surface area contributed by atoms with E-state index in [1.54, 1.807) is 0 Å². The van der Waals surface area contributed by atoms with Crippen molar-refractivity contribution in [3.63, 3.8) is 0 Å². The minimum atomic E-state index is 0.563. The summed E-state index contributed by atoms with van der Waals surface area (Å²) in [6, 6.07) is 47.0. The molecule has 2 aromatic heterocycles. The lowest BCUT2D eigenvalue weighted by Crippen LogP contribution is -1.97. The molecular formula is C39H21N5. The van der Waals surface area contributed by atoms with Gasteiger partial charge < -0.3 is 9.13 Å². The van der Waals surface area contributed by atoms with Gasteiger partial charge >= 0.3 is 0 Å². The average molecular weight is 560 g/mol. The number of para-hydroxylation sites is 2. The second-order valence-electron chi connectivity index (χ2n) is 10.8. The Bertz CT molecular complexity index is 2600. The van der Waals surface area contributed by atoms with Gasteiger partial charge in [-0.2, -0.15) is 10.5 Å². The van der Waals surface area contributed by atoms with Crippen LogP contribution in [0.25, 0.3) is 71.0 Å². The molecule has 0 unspecified atom stereocenters. The third-order valence-corrected chi connectivity index (χ3v) is 8.33. The topological polar surface area (TPSA) is 61.8 Å². The first-order valence-corrected chi connectivity index (χ1v) is 14.2. The van der Waals surface area contributed by atoms with E-state index in [9.17, 15) is 10.5 Å². The van der Waals surface area contributed by atoms with E-state index in [1.165, 1.54) is 0 Å². The molecule has 2 heterocycles. The third-order valence-electron chi connectivity index (χ3n) is 8.33. The van der Waals surface area contributed by atoms with Crippen LogP contribution < -0.4 is 0 Å². The molecule has 0 aliphatic heterocycles. The maximum atomic E-state index is 10.1. The Balaban J connectivity index is 1.35. The van der Waals surface area contributed by atoms with Crippen LogP contribution in [0.4, 0.5) is 5.69 Å². The van der Waals surface area contributed by atoms with Crippen molar-refractivity contribution in [2.75, 3.05) is 0 Å². The number of nitrogens with zero attached hydrogens (tertiary/aromatic N) is 5. The Morgan fingerprint density at radius 2 is 1.09 bits per heavy atom. The van der Waals surface area contributed by atoms with Crippen LogP contribution in [0.1, 0.15) is 11.1 Å². The summed E-state index contributed by atoms with van der Waals surface area (Å²) in [5.41, 5.74) is 9.65. The summed E-state index contributed by atoms with van der Waals surface area (Å²) in [7, 11) is 0. The van der Waals surface area contributed by atoms with Crippen LogP contribution in [0, 0.1) is 29.2 Å². The Morgan fingerprint density at radius 3 is 1.80 bits per heavy atom. The number of hydrogen-bond acceptors (Lipinski definition) is 2. The van der Waals surface area contributed by atoms with Gasteiger partial charge in [0.05, 0.1) is 51.9 Å². The van der Waals surface area contributed by atoms with Crippen LogP contribution in [0.3, 0.4) is 0 Å². The van der Waals surface area contributed by atoms with Crippen molar-refractivity contribution in [1.82, 2.24) is 9.13 Å². The van der Waals surface area contributed by atoms with Crippen LogP contribution in [0.15, 0.2) is 127 Å². The van der Waals surface area contributed by atoms with Crippen molar-refractivity contribution in [2.45, 2.75) is 0 Å². The van der Waals surface area contributed by atoms with Gasteiger partial charge in [0.2, 0.25) is 0 Å². The lowest BCUT2D eigenvalue weighted by Gasteiger charge is -2.13. The van der Waals surface area contributed by atoms with Gasteiger partial charge in [-0.15, -0.1) is 0 Å². The molecule has 0 aliphatic carbocycles. The second-order valence-corrected chi connectivity index (χ2v) is 10.8. The van der Waals surface area contributed by atoms with E-state index in [1.807, 2.05) is 78.9 Å². The maximum Gasteiger partial charge on any atom is 0.188 e. The average Bonchev–Trinajstić information content (AvgIpc) is 3.60. The summed E-state index contributed by atoms with van der Waals surface area (Å²) < 4.78 is 4.40. The van der Waals surface area contributed by atoms with Gasteiger partial charge in [-0.05, 0) is 89.3 Å². The van der Waals surface area contributed by atoms with E-state index in [-0.39, 0.29) is 0 Å². The molecule has 0 bridgehead atoms. The van der Waals surface area contributed by atoms with Gasteiger partial charge in [0.1, 0.15) is 0 Å². The molecular weight excluding hydrogens is 538 g/mol. The molecule has 5 nitrogen and oxygen atoms in total. The summed E-state index contributed by atoms with van der Waals surface area (Å²) in [6.45, 7) is 7.52. The Labute approximate surface area is 253 Å². The molecule has 202 valence electrons. The van der Waals surface area contributed by atoms with Gasteiger partial charge in [-0.3, -0.25) is 0 Å². The van der Waals surface area contributed by atoms with Gasteiger partial charge in [-0.25, -0.2) is 4.85 Å². The number of hydrogen-bond donors (Lipinski definition) is 0. The van der Waals surface area contributed by atoms with Crippen molar-refractivity contribution >= 4 is 49.3 Å².